The lowest BCUT2D eigenvalue weighted by Crippen LogP contribution is -2.13. The number of hydrogen-bond acceptors (Lipinski definition) is 4. The number of hydrogen-bond donors (Lipinski definition) is 0. The zero-order chi connectivity index (χ0) is 11.1. The molecule has 0 amide bonds. The summed E-state index contributed by atoms with van der Waals surface area (Å²) in [5.74, 6) is 0.756. The monoisotopic (exact) mass is 216 g/mol. The fraction of sp³-hybridized carbons (Fsp3) is 0.455. The van der Waals surface area contributed by atoms with Crippen LogP contribution < -0.4 is 0 Å². The van der Waals surface area contributed by atoms with Crippen LogP contribution in [0.15, 0.2) is 0 Å². The highest BCUT2D eigenvalue weighted by molar-refractivity contribution is 5.69. The van der Waals surface area contributed by atoms with Gasteiger partial charge in [0.15, 0.2) is 6.29 Å². The normalized spacial score (nSPS) is 15.1. The van der Waals surface area contributed by atoms with Gasteiger partial charge in [0.05, 0.1) is 5.69 Å². The summed E-state index contributed by atoms with van der Waals surface area (Å²) in [4.78, 5) is 19.1. The van der Waals surface area contributed by atoms with Crippen LogP contribution in [0, 0.1) is 6.92 Å². The Bertz CT molecular complexity index is 573. The topological polar surface area (TPSA) is 60.2 Å². The van der Waals surface area contributed by atoms with Gasteiger partial charge in [-0.2, -0.15) is 4.98 Å². The van der Waals surface area contributed by atoms with E-state index in [9.17, 15) is 4.79 Å². The zero-order valence-corrected chi connectivity index (χ0v) is 9.10. The minimum Gasteiger partial charge on any atom is -0.294 e. The Morgan fingerprint density at radius 1 is 1.25 bits per heavy atom. The molecular weight excluding hydrogens is 204 g/mol. The molecule has 0 fully saturated rings. The third kappa shape index (κ3) is 1.24. The highest BCUT2D eigenvalue weighted by atomic mass is 16.1. The fourth-order valence-electron chi connectivity index (χ4n) is 2.35. The quantitative estimate of drug-likeness (QED) is 0.670. The van der Waals surface area contributed by atoms with Crippen LogP contribution in [0.2, 0.25) is 0 Å². The Morgan fingerprint density at radius 3 is 2.88 bits per heavy atom. The van der Waals surface area contributed by atoms with Crippen molar-refractivity contribution in [3.05, 3.63) is 22.8 Å². The molecule has 2 aromatic heterocycles. The third-order valence-corrected chi connectivity index (χ3v) is 3.11. The average Bonchev–Trinajstić information content (AvgIpc) is 2.72. The molecule has 5 nitrogen and oxygen atoms in total. The average molecular weight is 216 g/mol. The molecule has 0 bridgehead atoms. The van der Waals surface area contributed by atoms with Gasteiger partial charge in [0.25, 0.3) is 5.78 Å². The zero-order valence-electron chi connectivity index (χ0n) is 9.10. The fourth-order valence-corrected chi connectivity index (χ4v) is 2.35. The molecule has 0 aliphatic heterocycles. The van der Waals surface area contributed by atoms with Crippen molar-refractivity contribution in [3.8, 4) is 0 Å². The Morgan fingerprint density at radius 2 is 2.06 bits per heavy atom. The molecule has 1 aliphatic carbocycles. The molecule has 2 heterocycles. The summed E-state index contributed by atoms with van der Waals surface area (Å²) in [6, 6.07) is 0. The van der Waals surface area contributed by atoms with E-state index in [0.717, 1.165) is 18.5 Å². The summed E-state index contributed by atoms with van der Waals surface area (Å²) < 4.78 is 1.73. The smallest absolute Gasteiger partial charge is 0.253 e. The van der Waals surface area contributed by atoms with Gasteiger partial charge in [0.2, 0.25) is 5.82 Å². The van der Waals surface area contributed by atoms with E-state index in [1.54, 1.807) is 4.52 Å². The molecule has 16 heavy (non-hydrogen) atoms. The number of nitrogens with zero attached hydrogens (tertiary/aromatic N) is 4. The summed E-state index contributed by atoms with van der Waals surface area (Å²) in [5, 5.41) is 4.16. The van der Waals surface area contributed by atoms with Crippen molar-refractivity contribution < 1.29 is 4.79 Å². The van der Waals surface area contributed by atoms with E-state index in [2.05, 4.69) is 15.1 Å². The van der Waals surface area contributed by atoms with E-state index < -0.39 is 0 Å². The van der Waals surface area contributed by atoms with Crippen molar-refractivity contribution >= 4 is 12.1 Å². The molecule has 0 N–H and O–H groups in total. The van der Waals surface area contributed by atoms with Crippen molar-refractivity contribution in [1.29, 1.82) is 0 Å². The van der Waals surface area contributed by atoms with Gasteiger partial charge in [-0.3, -0.25) is 4.79 Å². The second-order valence-electron chi connectivity index (χ2n) is 4.13. The molecule has 0 aromatic carbocycles. The Labute approximate surface area is 92.5 Å². The Hall–Kier alpha value is -1.78. The lowest BCUT2D eigenvalue weighted by Gasteiger charge is -2.17. The molecule has 5 heteroatoms. The van der Waals surface area contributed by atoms with Gasteiger partial charge in [-0.25, -0.2) is 9.50 Å². The minimum atomic E-state index is 0.214. The predicted molar refractivity (Wildman–Crippen MR) is 57.5 cm³/mol. The molecule has 0 atom stereocenters. The maximum absolute atomic E-state index is 10.7. The lowest BCUT2D eigenvalue weighted by atomic mass is 9.95. The number of aromatic nitrogens is 4. The van der Waals surface area contributed by atoms with Gasteiger partial charge in [-0.05, 0) is 38.2 Å². The number of carbonyl (C=O) groups excluding carboxylic acids is 1. The first-order valence-electron chi connectivity index (χ1n) is 5.50. The van der Waals surface area contributed by atoms with Crippen molar-refractivity contribution in [2.45, 2.75) is 32.6 Å². The first-order chi connectivity index (χ1) is 7.79. The van der Waals surface area contributed by atoms with Gasteiger partial charge in [0, 0.05) is 5.69 Å². The number of aryl methyl sites for hydroxylation is 2. The van der Waals surface area contributed by atoms with Crippen molar-refractivity contribution in [2.24, 2.45) is 0 Å². The Balaban J connectivity index is 2.35. The number of aldehydes is 1. The lowest BCUT2D eigenvalue weighted by molar-refractivity contribution is 0.111. The highest BCUT2D eigenvalue weighted by Crippen LogP contribution is 2.23. The maximum Gasteiger partial charge on any atom is 0.253 e. The summed E-state index contributed by atoms with van der Waals surface area (Å²) in [5.41, 5.74) is 3.47. The molecule has 82 valence electrons. The maximum atomic E-state index is 10.7. The molecule has 0 saturated heterocycles. The Kier molecular flexibility index (Phi) is 1.99. The number of carbonyl (C=O) groups is 1. The summed E-state index contributed by atoms with van der Waals surface area (Å²) in [6.07, 6.45) is 5.09. The molecule has 0 saturated carbocycles. The van der Waals surface area contributed by atoms with Gasteiger partial charge in [0.1, 0.15) is 0 Å². The van der Waals surface area contributed by atoms with E-state index in [0.29, 0.717) is 12.1 Å². The van der Waals surface area contributed by atoms with Crippen LogP contribution in [0.25, 0.3) is 5.78 Å². The predicted octanol–water partition coefficient (Wildman–Crippen LogP) is 1.12. The summed E-state index contributed by atoms with van der Waals surface area (Å²) >= 11 is 0. The highest BCUT2D eigenvalue weighted by Gasteiger charge is 2.18. The van der Waals surface area contributed by atoms with Gasteiger partial charge >= 0.3 is 0 Å². The van der Waals surface area contributed by atoms with Gasteiger partial charge in [-0.1, -0.05) is 0 Å². The first kappa shape index (κ1) is 9.45. The molecule has 0 spiro atoms. The minimum absolute atomic E-state index is 0.214. The van der Waals surface area contributed by atoms with Crippen LogP contribution in [0.4, 0.5) is 0 Å². The van der Waals surface area contributed by atoms with Crippen molar-refractivity contribution in [1.82, 2.24) is 19.6 Å². The molecule has 0 unspecified atom stereocenters. The first-order valence-corrected chi connectivity index (χ1v) is 5.50. The van der Waals surface area contributed by atoms with E-state index in [4.69, 9.17) is 0 Å². The molecule has 3 rings (SSSR count). The number of fused-ring (bicyclic) bond motifs is 3. The van der Waals surface area contributed by atoms with Crippen molar-refractivity contribution in [3.63, 3.8) is 0 Å². The summed E-state index contributed by atoms with van der Waals surface area (Å²) in [6.45, 7) is 2.00. The van der Waals surface area contributed by atoms with Crippen LogP contribution in [0.3, 0.4) is 0 Å². The largest absolute Gasteiger partial charge is 0.294 e. The second kappa shape index (κ2) is 3.37. The van der Waals surface area contributed by atoms with Crippen LogP contribution in [0.5, 0.6) is 0 Å². The molecule has 2 aromatic rings. The number of rotatable bonds is 1. The van der Waals surface area contributed by atoms with E-state index in [1.165, 1.54) is 24.1 Å². The van der Waals surface area contributed by atoms with Crippen LogP contribution in [0.1, 0.15) is 40.4 Å². The van der Waals surface area contributed by atoms with Gasteiger partial charge < -0.3 is 0 Å². The third-order valence-electron chi connectivity index (χ3n) is 3.11. The standard InChI is InChI=1S/C11H12N4O/c1-7-8-4-2-3-5-9(8)15-11(12-7)13-10(6-16)14-15/h6H,2-5H2,1H3. The van der Waals surface area contributed by atoms with Gasteiger partial charge in [-0.15, -0.1) is 5.10 Å². The van der Waals surface area contributed by atoms with Crippen LogP contribution >= 0.6 is 0 Å². The summed E-state index contributed by atoms with van der Waals surface area (Å²) in [7, 11) is 0. The van der Waals surface area contributed by atoms with Crippen LogP contribution in [-0.4, -0.2) is 25.9 Å². The molecular formula is C11H12N4O. The van der Waals surface area contributed by atoms with E-state index in [1.807, 2.05) is 6.92 Å². The second-order valence-corrected chi connectivity index (χ2v) is 4.13. The van der Waals surface area contributed by atoms with E-state index in [-0.39, 0.29) is 5.82 Å². The SMILES string of the molecule is Cc1nc2nc(C=O)nn2c2c1CCCC2. The molecule has 0 radical (unpaired) electrons. The van der Waals surface area contributed by atoms with E-state index >= 15 is 0 Å². The van der Waals surface area contributed by atoms with Crippen molar-refractivity contribution in [2.75, 3.05) is 0 Å². The molecule has 1 aliphatic rings. The van der Waals surface area contributed by atoms with Crippen LogP contribution in [-0.2, 0) is 12.8 Å².